The van der Waals surface area contributed by atoms with Crippen molar-refractivity contribution in [2.75, 3.05) is 31.1 Å². The fraction of sp³-hybridized carbons (Fsp3) is 0.700. The molecular formula is C20H30N4O2. The lowest BCUT2D eigenvalue weighted by Crippen LogP contribution is -2.62. The van der Waals surface area contributed by atoms with Gasteiger partial charge in [-0.3, -0.25) is 0 Å². The number of hydrogen-bond donors (Lipinski definition) is 2. The van der Waals surface area contributed by atoms with Gasteiger partial charge in [0.1, 0.15) is 5.82 Å². The maximum Gasteiger partial charge on any atom is 0.317 e. The smallest absolute Gasteiger partial charge is 0.317 e. The first-order valence-corrected chi connectivity index (χ1v) is 10.1. The van der Waals surface area contributed by atoms with Crippen LogP contribution >= 0.6 is 0 Å². The highest BCUT2D eigenvalue weighted by atomic mass is 16.3. The Kier molecular flexibility index (Phi) is 5.02. The summed E-state index contributed by atoms with van der Waals surface area (Å²) < 4.78 is 0. The summed E-state index contributed by atoms with van der Waals surface area (Å²) in [6.07, 6.45) is 9.13. The number of aliphatic hydroxyl groups is 1. The number of carbonyl (C=O) groups excluding carboxylic acids is 1. The molecule has 6 nitrogen and oxygen atoms in total. The number of pyridine rings is 1. The Morgan fingerprint density at radius 2 is 1.96 bits per heavy atom. The molecule has 0 radical (unpaired) electrons. The van der Waals surface area contributed by atoms with Crippen LogP contribution in [0.15, 0.2) is 24.4 Å². The summed E-state index contributed by atoms with van der Waals surface area (Å²) in [6.45, 7) is 2.84. The number of anilines is 1. The number of fused-ring (bicyclic) bond motifs is 1. The van der Waals surface area contributed by atoms with Crippen LogP contribution in [0.2, 0.25) is 0 Å². The standard InChI is InChI=1S/C20H30N4O2/c25-19(22-17-6-2-1-3-7-17)24-13-10-20(26)9-12-23(14-16(20)15-24)18-8-4-5-11-21-18/h4-5,8,11,16-17,26H,1-3,6-7,9-10,12-15H2,(H,22,25)/t16-,20-/m1/s1. The van der Waals surface area contributed by atoms with Crippen LogP contribution in [0.25, 0.3) is 0 Å². The first-order valence-electron chi connectivity index (χ1n) is 10.1. The molecule has 0 bridgehead atoms. The van der Waals surface area contributed by atoms with Crippen LogP contribution < -0.4 is 10.2 Å². The summed E-state index contributed by atoms with van der Waals surface area (Å²) in [5.74, 6) is 1.03. The van der Waals surface area contributed by atoms with Crippen molar-refractivity contribution in [3.8, 4) is 0 Å². The molecule has 2 aliphatic heterocycles. The Morgan fingerprint density at radius 3 is 2.73 bits per heavy atom. The fourth-order valence-corrected chi connectivity index (χ4v) is 4.75. The molecule has 0 aromatic carbocycles. The Hall–Kier alpha value is -1.82. The summed E-state index contributed by atoms with van der Waals surface area (Å²) in [5, 5.41) is 14.3. The summed E-state index contributed by atoms with van der Waals surface area (Å²) in [5.41, 5.74) is -0.646. The number of aromatic nitrogens is 1. The summed E-state index contributed by atoms with van der Waals surface area (Å²) in [7, 11) is 0. The van der Waals surface area contributed by atoms with Gasteiger partial charge in [0.25, 0.3) is 0 Å². The van der Waals surface area contributed by atoms with Crippen molar-refractivity contribution in [1.29, 1.82) is 0 Å². The zero-order valence-electron chi connectivity index (χ0n) is 15.4. The lowest BCUT2D eigenvalue weighted by atomic mass is 9.75. The van der Waals surface area contributed by atoms with Gasteiger partial charge >= 0.3 is 6.03 Å². The lowest BCUT2D eigenvalue weighted by molar-refractivity contribution is -0.0748. The van der Waals surface area contributed by atoms with Gasteiger partial charge in [0.2, 0.25) is 0 Å². The Bertz CT molecular complexity index is 619. The van der Waals surface area contributed by atoms with Crippen LogP contribution in [0.5, 0.6) is 0 Å². The topological polar surface area (TPSA) is 68.7 Å². The maximum absolute atomic E-state index is 12.7. The number of likely N-dealkylation sites (tertiary alicyclic amines) is 1. The molecule has 0 unspecified atom stereocenters. The molecule has 4 rings (SSSR count). The number of rotatable bonds is 2. The van der Waals surface area contributed by atoms with Crippen molar-refractivity contribution in [1.82, 2.24) is 15.2 Å². The van der Waals surface area contributed by atoms with E-state index in [2.05, 4.69) is 15.2 Å². The Morgan fingerprint density at radius 1 is 1.15 bits per heavy atom. The van der Waals surface area contributed by atoms with Crippen molar-refractivity contribution >= 4 is 11.8 Å². The van der Waals surface area contributed by atoms with E-state index in [1.54, 1.807) is 6.20 Å². The minimum Gasteiger partial charge on any atom is -0.389 e. The second-order valence-electron chi connectivity index (χ2n) is 8.16. The molecule has 2 N–H and O–H groups in total. The molecule has 1 saturated carbocycles. The average Bonchev–Trinajstić information content (AvgIpc) is 2.68. The monoisotopic (exact) mass is 358 g/mol. The van der Waals surface area contributed by atoms with E-state index in [-0.39, 0.29) is 11.9 Å². The van der Waals surface area contributed by atoms with Crippen LogP contribution in [0.1, 0.15) is 44.9 Å². The van der Waals surface area contributed by atoms with Crippen molar-refractivity contribution in [3.05, 3.63) is 24.4 Å². The van der Waals surface area contributed by atoms with Crippen molar-refractivity contribution < 1.29 is 9.90 Å². The van der Waals surface area contributed by atoms with Crippen molar-refractivity contribution in [3.63, 3.8) is 0 Å². The van der Waals surface area contributed by atoms with Gasteiger partial charge in [-0.1, -0.05) is 25.3 Å². The van der Waals surface area contributed by atoms with Crippen LogP contribution in [0.4, 0.5) is 10.6 Å². The van der Waals surface area contributed by atoms with Gasteiger partial charge < -0.3 is 20.2 Å². The molecule has 1 aromatic rings. The second kappa shape index (κ2) is 7.43. The van der Waals surface area contributed by atoms with Gasteiger partial charge in [-0.05, 0) is 37.8 Å². The van der Waals surface area contributed by atoms with E-state index in [9.17, 15) is 9.90 Å². The Balaban J connectivity index is 1.39. The number of piperidine rings is 2. The summed E-state index contributed by atoms with van der Waals surface area (Å²) in [6, 6.07) is 6.30. The fourth-order valence-electron chi connectivity index (χ4n) is 4.75. The maximum atomic E-state index is 12.7. The number of carbonyl (C=O) groups is 1. The molecule has 3 heterocycles. The Labute approximate surface area is 155 Å². The van der Waals surface area contributed by atoms with E-state index in [1.807, 2.05) is 23.1 Å². The van der Waals surface area contributed by atoms with Gasteiger partial charge in [-0.15, -0.1) is 0 Å². The largest absolute Gasteiger partial charge is 0.389 e. The molecule has 3 aliphatic rings. The number of amides is 2. The predicted octanol–water partition coefficient (Wildman–Crippen LogP) is 2.39. The molecule has 3 fully saturated rings. The third kappa shape index (κ3) is 3.65. The first-order chi connectivity index (χ1) is 12.6. The molecule has 0 spiro atoms. The first kappa shape index (κ1) is 17.6. The highest BCUT2D eigenvalue weighted by Gasteiger charge is 2.46. The quantitative estimate of drug-likeness (QED) is 0.852. The highest BCUT2D eigenvalue weighted by Crippen LogP contribution is 2.36. The molecular weight excluding hydrogens is 328 g/mol. The van der Waals surface area contributed by atoms with Crippen LogP contribution in [0.3, 0.4) is 0 Å². The zero-order chi connectivity index (χ0) is 18.0. The van der Waals surface area contributed by atoms with Gasteiger partial charge in [0, 0.05) is 44.3 Å². The molecule has 26 heavy (non-hydrogen) atoms. The van der Waals surface area contributed by atoms with E-state index in [0.717, 1.165) is 38.2 Å². The van der Waals surface area contributed by atoms with Gasteiger partial charge in [0.05, 0.1) is 5.60 Å². The molecule has 2 atom stereocenters. The number of hydrogen-bond acceptors (Lipinski definition) is 4. The lowest BCUT2D eigenvalue weighted by Gasteiger charge is -2.50. The molecule has 2 amide bonds. The van der Waals surface area contributed by atoms with E-state index in [1.165, 1.54) is 19.3 Å². The van der Waals surface area contributed by atoms with E-state index in [4.69, 9.17) is 0 Å². The third-order valence-electron chi connectivity index (χ3n) is 6.46. The third-order valence-corrected chi connectivity index (χ3v) is 6.46. The number of nitrogens with one attached hydrogen (secondary N) is 1. The molecule has 142 valence electrons. The van der Waals surface area contributed by atoms with Crippen LogP contribution in [0, 0.1) is 5.92 Å². The van der Waals surface area contributed by atoms with Crippen molar-refractivity contribution in [2.45, 2.75) is 56.6 Å². The summed E-state index contributed by atoms with van der Waals surface area (Å²) >= 11 is 0. The molecule has 1 aromatic heterocycles. The number of nitrogens with zero attached hydrogens (tertiary/aromatic N) is 3. The number of urea groups is 1. The van der Waals surface area contributed by atoms with Gasteiger partial charge in [0.15, 0.2) is 0 Å². The zero-order valence-corrected chi connectivity index (χ0v) is 15.4. The minimum absolute atomic E-state index is 0.0499. The summed E-state index contributed by atoms with van der Waals surface area (Å²) in [4.78, 5) is 21.3. The second-order valence-corrected chi connectivity index (χ2v) is 8.16. The average molecular weight is 358 g/mol. The van der Waals surface area contributed by atoms with Crippen molar-refractivity contribution in [2.24, 2.45) is 5.92 Å². The molecule has 6 heteroatoms. The molecule has 1 aliphatic carbocycles. The van der Waals surface area contributed by atoms with E-state index in [0.29, 0.717) is 25.6 Å². The predicted molar refractivity (Wildman–Crippen MR) is 101 cm³/mol. The van der Waals surface area contributed by atoms with Crippen LogP contribution in [-0.2, 0) is 0 Å². The normalized spacial score (nSPS) is 30.0. The molecule has 2 saturated heterocycles. The van der Waals surface area contributed by atoms with Gasteiger partial charge in [-0.25, -0.2) is 9.78 Å². The van der Waals surface area contributed by atoms with E-state index < -0.39 is 5.60 Å². The SMILES string of the molecule is O=C(NC1CCCCC1)N1CC[C@]2(O)CCN(c3ccccn3)C[C@@H]2C1. The van der Waals surface area contributed by atoms with E-state index >= 15 is 0 Å². The van der Waals surface area contributed by atoms with Gasteiger partial charge in [-0.2, -0.15) is 0 Å². The minimum atomic E-state index is -0.646. The van der Waals surface area contributed by atoms with Crippen LogP contribution in [-0.4, -0.2) is 58.8 Å². The highest BCUT2D eigenvalue weighted by molar-refractivity contribution is 5.74.